The van der Waals surface area contributed by atoms with Gasteiger partial charge < -0.3 is 9.15 Å². The van der Waals surface area contributed by atoms with Gasteiger partial charge in [0, 0.05) is 11.3 Å². The molecule has 0 N–H and O–H groups in total. The molecule has 0 unspecified atom stereocenters. The van der Waals surface area contributed by atoms with Crippen molar-refractivity contribution in [3.63, 3.8) is 0 Å². The van der Waals surface area contributed by atoms with Crippen LogP contribution in [-0.2, 0) is 11.2 Å². The lowest BCUT2D eigenvalue weighted by Crippen LogP contribution is -2.23. The standard InChI is InChI=1S/C22H23NO3S/c1-5-19-23-14-20(25-19)27-18-12-16(15-9-7-6-8-10-15)11-17(13-18)21(24)26-22(2,3)4/h6-14H,5H2,1-4H3. The number of carbonyl (C=O) groups excluding carboxylic acids is 1. The average molecular weight is 381 g/mol. The quantitative estimate of drug-likeness (QED) is 0.507. The van der Waals surface area contributed by atoms with Crippen LogP contribution in [0.4, 0.5) is 0 Å². The molecular formula is C22H23NO3S. The highest BCUT2D eigenvalue weighted by molar-refractivity contribution is 7.99. The third-order valence-electron chi connectivity index (χ3n) is 3.70. The first kappa shape index (κ1) is 19.2. The van der Waals surface area contributed by atoms with Crippen molar-refractivity contribution in [2.24, 2.45) is 0 Å². The van der Waals surface area contributed by atoms with Gasteiger partial charge in [-0.2, -0.15) is 0 Å². The molecule has 0 saturated heterocycles. The third-order valence-corrected chi connectivity index (χ3v) is 4.56. The van der Waals surface area contributed by atoms with Crippen LogP contribution in [0.25, 0.3) is 11.1 Å². The summed E-state index contributed by atoms with van der Waals surface area (Å²) in [5.41, 5.74) is 1.96. The van der Waals surface area contributed by atoms with Crippen LogP contribution in [0.1, 0.15) is 43.9 Å². The van der Waals surface area contributed by atoms with E-state index < -0.39 is 5.60 Å². The fraction of sp³-hybridized carbons (Fsp3) is 0.273. The van der Waals surface area contributed by atoms with E-state index in [9.17, 15) is 4.79 Å². The summed E-state index contributed by atoms with van der Waals surface area (Å²) in [5.74, 6) is 0.359. The molecule has 0 atom stereocenters. The van der Waals surface area contributed by atoms with E-state index in [1.165, 1.54) is 11.8 Å². The third kappa shape index (κ3) is 5.23. The Balaban J connectivity index is 1.98. The van der Waals surface area contributed by atoms with Crippen LogP contribution in [0.15, 0.2) is 69.1 Å². The van der Waals surface area contributed by atoms with Gasteiger partial charge in [0.15, 0.2) is 11.0 Å². The number of carbonyl (C=O) groups is 1. The van der Waals surface area contributed by atoms with Gasteiger partial charge in [0.25, 0.3) is 0 Å². The van der Waals surface area contributed by atoms with E-state index in [2.05, 4.69) is 4.98 Å². The Morgan fingerprint density at radius 2 is 1.85 bits per heavy atom. The van der Waals surface area contributed by atoms with Crippen LogP contribution >= 0.6 is 11.8 Å². The summed E-state index contributed by atoms with van der Waals surface area (Å²) < 4.78 is 11.3. The van der Waals surface area contributed by atoms with Crippen LogP contribution in [0.3, 0.4) is 0 Å². The molecule has 0 fully saturated rings. The van der Waals surface area contributed by atoms with Gasteiger partial charge in [-0.3, -0.25) is 0 Å². The molecule has 2 aromatic carbocycles. The molecule has 0 amide bonds. The lowest BCUT2D eigenvalue weighted by atomic mass is 10.0. The SMILES string of the molecule is CCc1ncc(Sc2cc(C(=O)OC(C)(C)C)cc(-c3ccccc3)c2)o1. The average Bonchev–Trinajstić information content (AvgIpc) is 3.08. The molecule has 140 valence electrons. The molecule has 0 aliphatic heterocycles. The van der Waals surface area contributed by atoms with Crippen molar-refractivity contribution >= 4 is 17.7 Å². The normalized spacial score (nSPS) is 11.4. The van der Waals surface area contributed by atoms with Crippen LogP contribution in [0, 0.1) is 0 Å². The fourth-order valence-corrected chi connectivity index (χ4v) is 3.38. The van der Waals surface area contributed by atoms with Gasteiger partial charge in [-0.15, -0.1) is 0 Å². The minimum Gasteiger partial charge on any atom is -0.456 e. The second-order valence-corrected chi connectivity index (χ2v) is 8.22. The van der Waals surface area contributed by atoms with Crippen molar-refractivity contribution in [1.82, 2.24) is 4.98 Å². The number of ether oxygens (including phenoxy) is 1. The number of oxazole rings is 1. The lowest BCUT2D eigenvalue weighted by Gasteiger charge is -2.20. The number of aryl methyl sites for hydroxylation is 1. The van der Waals surface area contributed by atoms with Crippen LogP contribution in [0.5, 0.6) is 0 Å². The first-order valence-electron chi connectivity index (χ1n) is 8.90. The molecule has 0 spiro atoms. The maximum absolute atomic E-state index is 12.6. The zero-order valence-corrected chi connectivity index (χ0v) is 16.8. The minimum atomic E-state index is -0.548. The summed E-state index contributed by atoms with van der Waals surface area (Å²) >= 11 is 1.45. The molecule has 3 aromatic rings. The maximum Gasteiger partial charge on any atom is 0.338 e. The summed E-state index contributed by atoms with van der Waals surface area (Å²) in [6, 6.07) is 15.7. The number of esters is 1. The van der Waals surface area contributed by atoms with E-state index in [0.717, 1.165) is 22.4 Å². The topological polar surface area (TPSA) is 52.3 Å². The first-order chi connectivity index (χ1) is 12.8. The lowest BCUT2D eigenvalue weighted by molar-refractivity contribution is 0.00693. The Morgan fingerprint density at radius 3 is 2.48 bits per heavy atom. The zero-order chi connectivity index (χ0) is 19.4. The van der Waals surface area contributed by atoms with Crippen molar-refractivity contribution in [1.29, 1.82) is 0 Å². The van der Waals surface area contributed by atoms with Gasteiger partial charge in [0.1, 0.15) is 5.60 Å². The van der Waals surface area contributed by atoms with Crippen molar-refractivity contribution < 1.29 is 13.9 Å². The second-order valence-electron chi connectivity index (χ2n) is 7.14. The molecule has 5 heteroatoms. The summed E-state index contributed by atoms with van der Waals surface area (Å²) in [5, 5.41) is 0.701. The number of rotatable bonds is 5. The van der Waals surface area contributed by atoms with Gasteiger partial charge in [0.2, 0.25) is 0 Å². The number of hydrogen-bond acceptors (Lipinski definition) is 5. The van der Waals surface area contributed by atoms with Gasteiger partial charge in [-0.05, 0) is 50.1 Å². The fourth-order valence-electron chi connectivity index (χ4n) is 2.53. The predicted octanol–water partition coefficient (Wildman–Crippen LogP) is 6.01. The number of benzene rings is 2. The number of aromatic nitrogens is 1. The summed E-state index contributed by atoms with van der Waals surface area (Å²) in [4.78, 5) is 17.8. The van der Waals surface area contributed by atoms with E-state index in [1.54, 1.807) is 6.20 Å². The number of hydrogen-bond donors (Lipinski definition) is 0. The van der Waals surface area contributed by atoms with Crippen LogP contribution in [0.2, 0.25) is 0 Å². The Labute approximate surface area is 164 Å². The molecule has 0 aliphatic rings. The highest BCUT2D eigenvalue weighted by Crippen LogP contribution is 2.33. The van der Waals surface area contributed by atoms with Gasteiger partial charge in [-0.1, -0.05) is 49.0 Å². The minimum absolute atomic E-state index is 0.339. The molecular weight excluding hydrogens is 358 g/mol. The Bertz CT molecular complexity index is 926. The molecule has 0 radical (unpaired) electrons. The van der Waals surface area contributed by atoms with E-state index in [1.807, 2.05) is 76.2 Å². The molecule has 0 aliphatic carbocycles. The molecule has 1 heterocycles. The largest absolute Gasteiger partial charge is 0.456 e. The summed E-state index contributed by atoms with van der Waals surface area (Å²) in [6.07, 6.45) is 2.46. The highest BCUT2D eigenvalue weighted by Gasteiger charge is 2.19. The Kier molecular flexibility index (Phi) is 5.71. The molecule has 4 nitrogen and oxygen atoms in total. The number of nitrogens with zero attached hydrogens (tertiary/aromatic N) is 1. The van der Waals surface area contributed by atoms with Crippen molar-refractivity contribution in [3.8, 4) is 11.1 Å². The van der Waals surface area contributed by atoms with Gasteiger partial charge in [0.05, 0.1) is 11.8 Å². The Hall–Kier alpha value is -2.53. The van der Waals surface area contributed by atoms with Crippen LogP contribution < -0.4 is 0 Å². The smallest absolute Gasteiger partial charge is 0.338 e. The zero-order valence-electron chi connectivity index (χ0n) is 16.0. The molecule has 0 saturated carbocycles. The Morgan fingerprint density at radius 1 is 1.11 bits per heavy atom. The van der Waals surface area contributed by atoms with Crippen LogP contribution in [-0.4, -0.2) is 16.6 Å². The van der Waals surface area contributed by atoms with Gasteiger partial charge in [-0.25, -0.2) is 9.78 Å². The van der Waals surface area contributed by atoms with E-state index in [4.69, 9.17) is 9.15 Å². The molecule has 27 heavy (non-hydrogen) atoms. The van der Waals surface area contributed by atoms with Gasteiger partial charge >= 0.3 is 5.97 Å². The predicted molar refractivity (Wildman–Crippen MR) is 107 cm³/mol. The summed E-state index contributed by atoms with van der Waals surface area (Å²) in [6.45, 7) is 7.59. The van der Waals surface area contributed by atoms with Crippen molar-refractivity contribution in [3.05, 3.63) is 66.2 Å². The maximum atomic E-state index is 12.6. The van der Waals surface area contributed by atoms with E-state index >= 15 is 0 Å². The monoisotopic (exact) mass is 381 g/mol. The second kappa shape index (κ2) is 8.01. The van der Waals surface area contributed by atoms with E-state index in [0.29, 0.717) is 16.5 Å². The van der Waals surface area contributed by atoms with E-state index in [-0.39, 0.29) is 5.97 Å². The summed E-state index contributed by atoms with van der Waals surface area (Å²) in [7, 11) is 0. The molecule has 1 aromatic heterocycles. The highest BCUT2D eigenvalue weighted by atomic mass is 32.2. The molecule has 3 rings (SSSR count). The van der Waals surface area contributed by atoms with Crippen molar-refractivity contribution in [2.75, 3.05) is 0 Å². The first-order valence-corrected chi connectivity index (χ1v) is 9.72. The molecule has 0 bridgehead atoms. The van der Waals surface area contributed by atoms with Crippen molar-refractivity contribution in [2.45, 2.75) is 49.7 Å².